The van der Waals surface area contributed by atoms with Crippen LogP contribution in [0, 0.1) is 0 Å². The Bertz CT molecular complexity index is 1340. The lowest BCUT2D eigenvalue weighted by atomic mass is 10.1. The summed E-state index contributed by atoms with van der Waals surface area (Å²) in [5.74, 6) is 0.608. The number of anilines is 2. The number of hydrogen-bond donors (Lipinski definition) is 4. The molecule has 0 saturated carbocycles. The zero-order valence-corrected chi connectivity index (χ0v) is 19.0. The van der Waals surface area contributed by atoms with Gasteiger partial charge in [-0.05, 0) is 40.2 Å². The van der Waals surface area contributed by atoms with Crippen LogP contribution < -0.4 is 16.0 Å². The van der Waals surface area contributed by atoms with Crippen LogP contribution in [0.2, 0.25) is 0 Å². The predicted molar refractivity (Wildman–Crippen MR) is 125 cm³/mol. The molecule has 4 N–H and O–H groups in total. The second-order valence-corrected chi connectivity index (χ2v) is 7.98. The van der Waals surface area contributed by atoms with Crippen LogP contribution in [0.1, 0.15) is 5.56 Å². The Hall–Kier alpha value is -3.80. The summed E-state index contributed by atoms with van der Waals surface area (Å²) < 4.78 is 41.5. The number of nitrogens with one attached hydrogen (secondary N) is 3. The van der Waals surface area contributed by atoms with Gasteiger partial charge in [0.2, 0.25) is 0 Å². The number of para-hydroxylation sites is 2. The molecule has 0 aliphatic rings. The molecule has 12 heteroatoms. The van der Waals surface area contributed by atoms with E-state index in [1.54, 1.807) is 41.0 Å². The first-order chi connectivity index (χ1) is 16.2. The zero-order valence-electron chi connectivity index (χ0n) is 17.4. The highest BCUT2D eigenvalue weighted by atomic mass is 79.9. The van der Waals surface area contributed by atoms with E-state index in [1.165, 1.54) is 18.2 Å². The SMILES string of the molecule is O=C(NCCNc1cc(-c2ccccc2O)nc2c(Br)cnn12)Nc1ccccc1C(F)(F)F. The van der Waals surface area contributed by atoms with Crippen LogP contribution in [0.3, 0.4) is 0 Å². The standard InChI is InChI=1S/C22H18BrF3N6O2/c23-15-12-29-32-19(11-17(30-20(15)32)13-5-1-4-8-18(13)33)27-9-10-28-21(34)31-16-7-3-2-6-14(16)22(24,25)26/h1-8,11-12,27,33H,9-10H2,(H2,28,31,34). The molecule has 0 aliphatic carbocycles. The van der Waals surface area contributed by atoms with Crippen LogP contribution in [-0.4, -0.2) is 38.8 Å². The molecule has 0 atom stereocenters. The number of phenols is 1. The summed E-state index contributed by atoms with van der Waals surface area (Å²) in [5, 5.41) is 22.3. The molecule has 34 heavy (non-hydrogen) atoms. The van der Waals surface area contributed by atoms with Gasteiger partial charge in [-0.15, -0.1) is 0 Å². The number of amides is 2. The van der Waals surface area contributed by atoms with Gasteiger partial charge in [-0.1, -0.05) is 24.3 Å². The third kappa shape index (κ3) is 5.06. The lowest BCUT2D eigenvalue weighted by Crippen LogP contribution is -2.33. The summed E-state index contributed by atoms with van der Waals surface area (Å²) >= 11 is 3.40. The van der Waals surface area contributed by atoms with E-state index in [4.69, 9.17) is 0 Å². The Balaban J connectivity index is 1.44. The molecule has 0 aliphatic heterocycles. The first kappa shape index (κ1) is 23.4. The minimum absolute atomic E-state index is 0.0680. The number of aromatic hydroxyl groups is 1. The highest BCUT2D eigenvalue weighted by Crippen LogP contribution is 2.34. The minimum atomic E-state index is -4.58. The van der Waals surface area contributed by atoms with Gasteiger partial charge in [-0.2, -0.15) is 22.8 Å². The molecule has 2 heterocycles. The van der Waals surface area contributed by atoms with Gasteiger partial charge in [0.05, 0.1) is 27.6 Å². The highest BCUT2D eigenvalue weighted by molar-refractivity contribution is 9.10. The second-order valence-electron chi connectivity index (χ2n) is 7.12. The maximum absolute atomic E-state index is 13.1. The molecule has 0 saturated heterocycles. The van der Waals surface area contributed by atoms with Gasteiger partial charge in [0, 0.05) is 24.7 Å². The number of phenolic OH excluding ortho intramolecular Hbond substituents is 1. The van der Waals surface area contributed by atoms with Crippen molar-refractivity contribution in [1.82, 2.24) is 19.9 Å². The van der Waals surface area contributed by atoms with Crippen molar-refractivity contribution in [3.8, 4) is 17.0 Å². The number of rotatable bonds is 6. The monoisotopic (exact) mass is 534 g/mol. The maximum Gasteiger partial charge on any atom is 0.418 e. The molecule has 2 aromatic heterocycles. The van der Waals surface area contributed by atoms with Gasteiger partial charge in [0.15, 0.2) is 5.65 Å². The highest BCUT2D eigenvalue weighted by Gasteiger charge is 2.33. The van der Waals surface area contributed by atoms with E-state index in [2.05, 4.69) is 42.0 Å². The summed E-state index contributed by atoms with van der Waals surface area (Å²) in [6.45, 7) is 0.351. The number of benzene rings is 2. The molecule has 0 spiro atoms. The van der Waals surface area contributed by atoms with Gasteiger partial charge in [-0.3, -0.25) is 0 Å². The Morgan fingerprint density at radius 3 is 2.59 bits per heavy atom. The molecule has 0 bridgehead atoms. The number of halogens is 4. The van der Waals surface area contributed by atoms with Crippen molar-refractivity contribution in [3.63, 3.8) is 0 Å². The van der Waals surface area contributed by atoms with Gasteiger partial charge in [-0.25, -0.2) is 9.78 Å². The van der Waals surface area contributed by atoms with Gasteiger partial charge < -0.3 is 21.1 Å². The smallest absolute Gasteiger partial charge is 0.418 e. The average molecular weight is 535 g/mol. The number of alkyl halides is 3. The molecule has 176 valence electrons. The number of fused-ring (bicyclic) bond motifs is 1. The van der Waals surface area contributed by atoms with E-state index < -0.39 is 17.8 Å². The summed E-state index contributed by atoms with van der Waals surface area (Å²) in [4.78, 5) is 16.7. The van der Waals surface area contributed by atoms with Crippen LogP contribution in [-0.2, 0) is 6.18 Å². The Morgan fingerprint density at radius 1 is 1.09 bits per heavy atom. The summed E-state index contributed by atoms with van der Waals surface area (Å²) in [6.07, 6.45) is -3.01. The zero-order chi connectivity index (χ0) is 24.3. The molecule has 2 aromatic carbocycles. The fraction of sp³-hybridized carbons (Fsp3) is 0.136. The fourth-order valence-corrected chi connectivity index (χ4v) is 3.61. The lowest BCUT2D eigenvalue weighted by molar-refractivity contribution is -0.136. The van der Waals surface area contributed by atoms with Crippen molar-refractivity contribution < 1.29 is 23.1 Å². The number of aromatic nitrogens is 3. The summed E-state index contributed by atoms with van der Waals surface area (Å²) in [5.41, 5.74) is 0.289. The van der Waals surface area contributed by atoms with Crippen LogP contribution in [0.4, 0.5) is 29.5 Å². The molecule has 2 amide bonds. The number of carbonyl (C=O) groups excluding carboxylic acids is 1. The third-order valence-corrected chi connectivity index (χ3v) is 5.37. The summed E-state index contributed by atoms with van der Waals surface area (Å²) in [6, 6.07) is 12.4. The number of urea groups is 1. The molecule has 0 fully saturated rings. The third-order valence-electron chi connectivity index (χ3n) is 4.81. The van der Waals surface area contributed by atoms with E-state index in [-0.39, 0.29) is 24.5 Å². The largest absolute Gasteiger partial charge is 0.507 e. The molecular formula is C22H18BrF3N6O2. The Labute approximate surface area is 200 Å². The average Bonchev–Trinajstić information content (AvgIpc) is 3.17. The van der Waals surface area contributed by atoms with Crippen molar-refractivity contribution >= 4 is 39.1 Å². The van der Waals surface area contributed by atoms with E-state index in [0.717, 1.165) is 6.07 Å². The lowest BCUT2D eigenvalue weighted by Gasteiger charge is -2.14. The normalized spacial score (nSPS) is 11.4. The molecule has 8 nitrogen and oxygen atoms in total. The number of carbonyl (C=O) groups is 1. The molecular weight excluding hydrogens is 517 g/mol. The quantitative estimate of drug-likeness (QED) is 0.257. The maximum atomic E-state index is 13.1. The van der Waals surface area contributed by atoms with Crippen LogP contribution in [0.15, 0.2) is 65.3 Å². The number of hydrogen-bond acceptors (Lipinski definition) is 5. The summed E-state index contributed by atoms with van der Waals surface area (Å²) in [7, 11) is 0. The van der Waals surface area contributed by atoms with Crippen molar-refractivity contribution in [1.29, 1.82) is 0 Å². The van der Waals surface area contributed by atoms with Gasteiger partial charge >= 0.3 is 12.2 Å². The minimum Gasteiger partial charge on any atom is -0.507 e. The molecule has 0 radical (unpaired) electrons. The molecule has 0 unspecified atom stereocenters. The van der Waals surface area contributed by atoms with E-state index in [0.29, 0.717) is 27.2 Å². The van der Waals surface area contributed by atoms with Crippen molar-refractivity contribution in [2.45, 2.75) is 6.18 Å². The van der Waals surface area contributed by atoms with Crippen molar-refractivity contribution in [2.75, 3.05) is 23.7 Å². The van der Waals surface area contributed by atoms with Crippen LogP contribution in [0.25, 0.3) is 16.9 Å². The fourth-order valence-electron chi connectivity index (χ4n) is 3.26. The first-order valence-electron chi connectivity index (χ1n) is 10.0. The van der Waals surface area contributed by atoms with Gasteiger partial charge in [0.1, 0.15) is 11.6 Å². The Kier molecular flexibility index (Phi) is 6.59. The predicted octanol–water partition coefficient (Wildman–Crippen LogP) is 5.12. The van der Waals surface area contributed by atoms with Crippen molar-refractivity contribution in [2.24, 2.45) is 0 Å². The number of nitrogens with zero attached hydrogens (tertiary/aromatic N) is 3. The van der Waals surface area contributed by atoms with E-state index in [9.17, 15) is 23.1 Å². The first-order valence-corrected chi connectivity index (χ1v) is 10.8. The van der Waals surface area contributed by atoms with Crippen molar-refractivity contribution in [3.05, 3.63) is 70.8 Å². The van der Waals surface area contributed by atoms with E-state index in [1.807, 2.05) is 0 Å². The van der Waals surface area contributed by atoms with Crippen LogP contribution >= 0.6 is 15.9 Å². The van der Waals surface area contributed by atoms with Gasteiger partial charge in [0.25, 0.3) is 0 Å². The molecule has 4 aromatic rings. The van der Waals surface area contributed by atoms with E-state index >= 15 is 0 Å². The van der Waals surface area contributed by atoms with Crippen LogP contribution in [0.5, 0.6) is 5.75 Å². The topological polar surface area (TPSA) is 104 Å². The molecule has 4 rings (SSSR count). The second kappa shape index (κ2) is 9.59. The Morgan fingerprint density at radius 2 is 1.82 bits per heavy atom.